The molecule has 0 aromatic heterocycles. The summed E-state index contributed by atoms with van der Waals surface area (Å²) in [6, 6.07) is 5.13. The second-order valence-corrected chi connectivity index (χ2v) is 5.31. The normalized spacial score (nSPS) is 13.6. The molecule has 1 heterocycles. The molecule has 2 rings (SSSR count). The fourth-order valence-electron chi connectivity index (χ4n) is 2.28. The van der Waals surface area contributed by atoms with Crippen LogP contribution in [0, 0.1) is 0 Å². The van der Waals surface area contributed by atoms with Gasteiger partial charge in [0.05, 0.1) is 19.6 Å². The third-order valence-corrected chi connectivity index (χ3v) is 3.49. The maximum absolute atomic E-state index is 12.1. The second-order valence-electron chi connectivity index (χ2n) is 5.31. The number of unbranched alkanes of at least 4 members (excludes halogenated alkanes) is 2. The van der Waals surface area contributed by atoms with Gasteiger partial charge in [-0.3, -0.25) is 9.59 Å². The minimum Gasteiger partial charge on any atom is -0.490 e. The van der Waals surface area contributed by atoms with E-state index in [-0.39, 0.29) is 18.0 Å². The first-order valence-corrected chi connectivity index (χ1v) is 7.65. The van der Waals surface area contributed by atoms with Gasteiger partial charge in [0.2, 0.25) is 0 Å². The van der Waals surface area contributed by atoms with Crippen LogP contribution in [0.25, 0.3) is 0 Å². The first-order chi connectivity index (χ1) is 10.2. The van der Waals surface area contributed by atoms with Gasteiger partial charge in [0, 0.05) is 18.4 Å². The highest BCUT2D eigenvalue weighted by atomic mass is 16.5. The van der Waals surface area contributed by atoms with E-state index < -0.39 is 0 Å². The van der Waals surface area contributed by atoms with Crippen molar-refractivity contribution in [2.45, 2.75) is 45.4 Å². The van der Waals surface area contributed by atoms with Gasteiger partial charge in [-0.1, -0.05) is 19.8 Å². The van der Waals surface area contributed by atoms with Crippen molar-refractivity contribution in [1.82, 2.24) is 0 Å². The molecule has 0 radical (unpaired) electrons. The molecule has 0 bridgehead atoms. The average Bonchev–Trinajstić information content (AvgIpc) is 2.71. The summed E-state index contributed by atoms with van der Waals surface area (Å²) >= 11 is 0. The lowest BCUT2D eigenvalue weighted by Gasteiger charge is -2.08. The molecule has 0 saturated carbocycles. The Morgan fingerprint density at radius 3 is 2.62 bits per heavy atom. The van der Waals surface area contributed by atoms with Gasteiger partial charge in [-0.25, -0.2) is 0 Å². The lowest BCUT2D eigenvalue weighted by atomic mass is 10.0. The minimum absolute atomic E-state index is 0.0144. The van der Waals surface area contributed by atoms with Crippen molar-refractivity contribution in [2.75, 3.05) is 13.2 Å². The highest BCUT2D eigenvalue weighted by Crippen LogP contribution is 2.30. The minimum atomic E-state index is -0.146. The highest BCUT2D eigenvalue weighted by Gasteiger charge is 2.16. The first-order valence-electron chi connectivity index (χ1n) is 7.65. The number of rotatable bonds is 7. The van der Waals surface area contributed by atoms with E-state index in [0.717, 1.165) is 25.7 Å². The molecule has 1 aliphatic rings. The van der Waals surface area contributed by atoms with Crippen LogP contribution < -0.4 is 9.47 Å². The van der Waals surface area contributed by atoms with Crippen LogP contribution in [0.15, 0.2) is 18.2 Å². The molecule has 0 saturated heterocycles. The van der Waals surface area contributed by atoms with Crippen molar-refractivity contribution in [2.24, 2.45) is 0 Å². The van der Waals surface area contributed by atoms with E-state index >= 15 is 0 Å². The van der Waals surface area contributed by atoms with E-state index in [4.69, 9.17) is 9.47 Å². The molecule has 0 N–H and O–H groups in total. The van der Waals surface area contributed by atoms with Crippen molar-refractivity contribution in [3.8, 4) is 11.5 Å². The van der Waals surface area contributed by atoms with Gasteiger partial charge in [0.1, 0.15) is 5.78 Å². The Bertz CT molecular complexity index is 508. The summed E-state index contributed by atoms with van der Waals surface area (Å²) < 4.78 is 11.1. The van der Waals surface area contributed by atoms with Gasteiger partial charge in [0.25, 0.3) is 0 Å². The standard InChI is InChI=1S/C17H22O4/c1-2-3-4-6-14(18)12-15(19)13-7-8-16-17(11-13)21-10-5-9-20-16/h7-8,11H,2-6,9-10,12H2,1H3. The summed E-state index contributed by atoms with van der Waals surface area (Å²) in [5, 5.41) is 0. The van der Waals surface area contributed by atoms with E-state index in [1.54, 1.807) is 18.2 Å². The summed E-state index contributed by atoms with van der Waals surface area (Å²) in [5.74, 6) is 1.13. The zero-order valence-corrected chi connectivity index (χ0v) is 12.5. The van der Waals surface area contributed by atoms with Gasteiger partial charge in [-0.05, 0) is 24.6 Å². The van der Waals surface area contributed by atoms with Gasteiger partial charge < -0.3 is 9.47 Å². The average molecular weight is 290 g/mol. The van der Waals surface area contributed by atoms with Crippen molar-refractivity contribution in [1.29, 1.82) is 0 Å². The molecule has 0 unspecified atom stereocenters. The molecule has 0 atom stereocenters. The zero-order valence-electron chi connectivity index (χ0n) is 12.5. The SMILES string of the molecule is CCCCCC(=O)CC(=O)c1ccc2c(c1)OCCCO2. The van der Waals surface area contributed by atoms with E-state index in [2.05, 4.69) is 6.92 Å². The molecule has 4 heteroatoms. The predicted molar refractivity (Wildman–Crippen MR) is 80.1 cm³/mol. The lowest BCUT2D eigenvalue weighted by molar-refractivity contribution is -0.118. The summed E-state index contributed by atoms with van der Waals surface area (Å²) in [6.45, 7) is 3.30. The Morgan fingerprint density at radius 1 is 1.10 bits per heavy atom. The predicted octanol–water partition coefficient (Wildman–Crippen LogP) is 3.57. The number of ether oxygens (including phenoxy) is 2. The van der Waals surface area contributed by atoms with Crippen molar-refractivity contribution >= 4 is 11.6 Å². The molecule has 1 aromatic rings. The molecular weight excluding hydrogens is 268 g/mol. The molecule has 1 aromatic carbocycles. The van der Waals surface area contributed by atoms with Crippen LogP contribution in [-0.2, 0) is 4.79 Å². The Balaban J connectivity index is 1.96. The Labute approximate surface area is 125 Å². The van der Waals surface area contributed by atoms with Gasteiger partial charge in [-0.15, -0.1) is 0 Å². The number of carbonyl (C=O) groups is 2. The summed E-state index contributed by atoms with van der Waals surface area (Å²) in [5.41, 5.74) is 0.517. The topological polar surface area (TPSA) is 52.6 Å². The number of fused-ring (bicyclic) bond motifs is 1. The molecule has 1 aliphatic heterocycles. The van der Waals surface area contributed by atoms with Crippen molar-refractivity contribution in [3.05, 3.63) is 23.8 Å². The fourth-order valence-corrected chi connectivity index (χ4v) is 2.28. The van der Waals surface area contributed by atoms with Gasteiger partial charge in [0.15, 0.2) is 17.3 Å². The Hall–Kier alpha value is -1.84. The number of ketones is 2. The van der Waals surface area contributed by atoms with E-state index in [1.165, 1.54) is 0 Å². The number of hydrogen-bond donors (Lipinski definition) is 0. The number of benzene rings is 1. The van der Waals surface area contributed by atoms with Crippen molar-refractivity contribution in [3.63, 3.8) is 0 Å². The number of carbonyl (C=O) groups excluding carboxylic acids is 2. The van der Waals surface area contributed by atoms with Crippen LogP contribution in [-0.4, -0.2) is 24.8 Å². The fraction of sp³-hybridized carbons (Fsp3) is 0.529. The van der Waals surface area contributed by atoms with Crippen LogP contribution in [0.4, 0.5) is 0 Å². The highest BCUT2D eigenvalue weighted by molar-refractivity contribution is 6.08. The molecule has 0 spiro atoms. The molecule has 4 nitrogen and oxygen atoms in total. The molecule has 0 aliphatic carbocycles. The van der Waals surface area contributed by atoms with Gasteiger partial charge in [-0.2, -0.15) is 0 Å². The smallest absolute Gasteiger partial charge is 0.170 e. The Morgan fingerprint density at radius 2 is 1.86 bits per heavy atom. The quantitative estimate of drug-likeness (QED) is 0.437. The number of Topliss-reactive ketones (excluding diaryl/α,β-unsaturated/α-hetero) is 2. The van der Waals surface area contributed by atoms with Crippen LogP contribution >= 0.6 is 0 Å². The summed E-state index contributed by atoms with van der Waals surface area (Å²) in [4.78, 5) is 23.9. The second kappa shape index (κ2) is 7.81. The maximum atomic E-state index is 12.1. The summed E-state index contributed by atoms with van der Waals surface area (Å²) in [7, 11) is 0. The largest absolute Gasteiger partial charge is 0.490 e. The van der Waals surface area contributed by atoms with E-state index in [9.17, 15) is 9.59 Å². The number of hydrogen-bond acceptors (Lipinski definition) is 4. The van der Waals surface area contributed by atoms with Crippen LogP contribution in [0.2, 0.25) is 0 Å². The maximum Gasteiger partial charge on any atom is 0.170 e. The monoisotopic (exact) mass is 290 g/mol. The molecule has 0 amide bonds. The van der Waals surface area contributed by atoms with Crippen LogP contribution in [0.3, 0.4) is 0 Å². The van der Waals surface area contributed by atoms with Crippen LogP contribution in [0.5, 0.6) is 11.5 Å². The molecule has 21 heavy (non-hydrogen) atoms. The lowest BCUT2D eigenvalue weighted by Crippen LogP contribution is -2.08. The third kappa shape index (κ3) is 4.59. The zero-order chi connectivity index (χ0) is 15.1. The van der Waals surface area contributed by atoms with Gasteiger partial charge >= 0.3 is 0 Å². The summed E-state index contributed by atoms with van der Waals surface area (Å²) in [6.07, 6.45) is 4.26. The first kappa shape index (κ1) is 15.5. The molecule has 0 fully saturated rings. The molecule has 114 valence electrons. The van der Waals surface area contributed by atoms with Crippen molar-refractivity contribution < 1.29 is 19.1 Å². The van der Waals surface area contributed by atoms with E-state index in [1.807, 2.05) is 0 Å². The van der Waals surface area contributed by atoms with E-state index in [0.29, 0.717) is 36.7 Å². The Kier molecular flexibility index (Phi) is 5.78. The molecular formula is C17H22O4. The van der Waals surface area contributed by atoms with Crippen LogP contribution in [0.1, 0.15) is 55.8 Å². The third-order valence-electron chi connectivity index (χ3n) is 3.49.